The van der Waals surface area contributed by atoms with E-state index in [-0.39, 0.29) is 0 Å². The Morgan fingerprint density at radius 2 is 1.85 bits per heavy atom. The van der Waals surface area contributed by atoms with Crippen molar-refractivity contribution in [3.63, 3.8) is 0 Å². The zero-order valence-electron chi connectivity index (χ0n) is 12.4. The van der Waals surface area contributed by atoms with Gasteiger partial charge in [0.2, 0.25) is 0 Å². The fraction of sp³-hybridized carbons (Fsp3) is 0.500. The van der Waals surface area contributed by atoms with Gasteiger partial charge in [0, 0.05) is 22.0 Å². The largest absolute Gasteiger partial charge is 0.459 e. The third-order valence-corrected chi connectivity index (χ3v) is 3.75. The molecule has 2 nitrogen and oxygen atoms in total. The van der Waals surface area contributed by atoms with Gasteiger partial charge in [-0.1, -0.05) is 50.9 Å². The first-order valence-electron chi connectivity index (χ1n) is 7.01. The third-order valence-electron chi connectivity index (χ3n) is 3.24. The lowest BCUT2D eigenvalue weighted by Gasteiger charge is -2.09. The maximum absolute atomic E-state index is 6.34. The van der Waals surface area contributed by atoms with Gasteiger partial charge in [0.25, 0.3) is 0 Å². The number of rotatable bonds is 5. The molecule has 0 saturated heterocycles. The Hall–Kier alpha value is -0.700. The Morgan fingerprint density at radius 1 is 1.15 bits per heavy atom. The molecular formula is C16H21Cl2NO. The second-order valence-electron chi connectivity index (χ2n) is 5.88. The monoisotopic (exact) mass is 313 g/mol. The number of hydrogen-bond acceptors (Lipinski definition) is 2. The molecular weight excluding hydrogens is 293 g/mol. The van der Waals surface area contributed by atoms with Crippen LogP contribution in [0.3, 0.4) is 0 Å². The van der Waals surface area contributed by atoms with Crippen LogP contribution in [0.15, 0.2) is 16.5 Å². The molecule has 0 spiro atoms. The van der Waals surface area contributed by atoms with E-state index in [9.17, 15) is 0 Å². The number of halogens is 2. The summed E-state index contributed by atoms with van der Waals surface area (Å²) in [6, 6.07) is 3.61. The van der Waals surface area contributed by atoms with Gasteiger partial charge in [-0.2, -0.15) is 0 Å². The van der Waals surface area contributed by atoms with E-state index in [1.54, 1.807) is 6.07 Å². The highest BCUT2D eigenvalue weighted by atomic mass is 35.5. The highest BCUT2D eigenvalue weighted by Gasteiger charge is 2.19. The first-order chi connectivity index (χ1) is 9.40. The first kappa shape index (κ1) is 15.7. The molecule has 1 N–H and O–H groups in total. The van der Waals surface area contributed by atoms with Crippen molar-refractivity contribution in [3.05, 3.63) is 33.5 Å². The van der Waals surface area contributed by atoms with Crippen LogP contribution in [0.5, 0.6) is 0 Å². The average molecular weight is 314 g/mol. The van der Waals surface area contributed by atoms with E-state index in [1.807, 2.05) is 6.07 Å². The SMILES string of the molecule is CC(C)CNCc1oc2cc(Cl)cc(Cl)c2c1C(C)C. The molecule has 1 aromatic carbocycles. The Morgan fingerprint density at radius 3 is 2.45 bits per heavy atom. The van der Waals surface area contributed by atoms with Gasteiger partial charge in [0.1, 0.15) is 11.3 Å². The lowest BCUT2D eigenvalue weighted by atomic mass is 9.99. The van der Waals surface area contributed by atoms with Crippen molar-refractivity contribution in [2.75, 3.05) is 6.54 Å². The molecule has 0 radical (unpaired) electrons. The predicted molar refractivity (Wildman–Crippen MR) is 86.9 cm³/mol. The van der Waals surface area contributed by atoms with E-state index in [1.165, 1.54) is 5.56 Å². The minimum Gasteiger partial charge on any atom is -0.459 e. The molecule has 0 aliphatic carbocycles. The van der Waals surface area contributed by atoms with Crippen molar-refractivity contribution in [1.82, 2.24) is 5.32 Å². The van der Waals surface area contributed by atoms with Crippen LogP contribution in [0.25, 0.3) is 11.0 Å². The zero-order chi connectivity index (χ0) is 14.9. The van der Waals surface area contributed by atoms with E-state index >= 15 is 0 Å². The third kappa shape index (κ3) is 3.30. The number of furan rings is 1. The summed E-state index contributed by atoms with van der Waals surface area (Å²) in [6.45, 7) is 10.4. The van der Waals surface area contributed by atoms with Crippen LogP contribution in [0.1, 0.15) is 44.9 Å². The molecule has 4 heteroatoms. The fourth-order valence-corrected chi connectivity index (χ4v) is 3.01. The zero-order valence-corrected chi connectivity index (χ0v) is 13.9. The number of benzene rings is 1. The minimum absolute atomic E-state index is 0.353. The van der Waals surface area contributed by atoms with E-state index in [2.05, 4.69) is 33.0 Å². The van der Waals surface area contributed by atoms with E-state index < -0.39 is 0 Å². The smallest absolute Gasteiger partial charge is 0.137 e. The average Bonchev–Trinajstić information content (AvgIpc) is 2.66. The first-order valence-corrected chi connectivity index (χ1v) is 7.76. The fourth-order valence-electron chi connectivity index (χ4n) is 2.44. The molecule has 20 heavy (non-hydrogen) atoms. The summed E-state index contributed by atoms with van der Waals surface area (Å²) in [5.74, 6) is 1.92. The molecule has 0 aliphatic rings. The summed E-state index contributed by atoms with van der Waals surface area (Å²) in [6.07, 6.45) is 0. The van der Waals surface area contributed by atoms with Crippen LogP contribution in [-0.4, -0.2) is 6.54 Å². The van der Waals surface area contributed by atoms with Gasteiger partial charge in [-0.15, -0.1) is 0 Å². The lowest BCUT2D eigenvalue weighted by Crippen LogP contribution is -2.19. The van der Waals surface area contributed by atoms with Crippen LogP contribution < -0.4 is 5.32 Å². The van der Waals surface area contributed by atoms with Crippen molar-refractivity contribution >= 4 is 34.2 Å². The second kappa shape index (κ2) is 6.38. The van der Waals surface area contributed by atoms with Crippen molar-refractivity contribution < 1.29 is 4.42 Å². The summed E-state index contributed by atoms with van der Waals surface area (Å²) in [7, 11) is 0. The quantitative estimate of drug-likeness (QED) is 0.776. The second-order valence-corrected chi connectivity index (χ2v) is 6.72. The van der Waals surface area contributed by atoms with Crippen molar-refractivity contribution in [3.8, 4) is 0 Å². The molecule has 2 aromatic rings. The summed E-state index contributed by atoms with van der Waals surface area (Å²) in [5, 5.41) is 5.68. The van der Waals surface area contributed by atoms with Gasteiger partial charge in [0.15, 0.2) is 0 Å². The molecule has 0 fully saturated rings. The molecule has 1 aromatic heterocycles. The van der Waals surface area contributed by atoms with Crippen LogP contribution in [0.4, 0.5) is 0 Å². The van der Waals surface area contributed by atoms with Crippen LogP contribution in [-0.2, 0) is 6.54 Å². The summed E-state index contributed by atoms with van der Waals surface area (Å²) < 4.78 is 5.97. The Kier molecular flexibility index (Phi) is 5.00. The summed E-state index contributed by atoms with van der Waals surface area (Å²) >= 11 is 12.4. The Labute approximate surface area is 130 Å². The normalized spacial score (nSPS) is 12.0. The van der Waals surface area contributed by atoms with E-state index in [0.29, 0.717) is 28.4 Å². The molecule has 0 unspecified atom stereocenters. The minimum atomic E-state index is 0.353. The molecule has 0 atom stereocenters. The van der Waals surface area contributed by atoms with Gasteiger partial charge < -0.3 is 9.73 Å². The molecule has 1 heterocycles. The maximum Gasteiger partial charge on any atom is 0.137 e. The highest BCUT2D eigenvalue weighted by molar-refractivity contribution is 6.38. The van der Waals surface area contributed by atoms with Gasteiger partial charge in [-0.25, -0.2) is 0 Å². The van der Waals surface area contributed by atoms with E-state index in [4.69, 9.17) is 27.6 Å². The number of nitrogens with one attached hydrogen (secondary N) is 1. The van der Waals surface area contributed by atoms with Crippen molar-refractivity contribution in [2.24, 2.45) is 5.92 Å². The van der Waals surface area contributed by atoms with Crippen LogP contribution in [0.2, 0.25) is 10.0 Å². The number of fused-ring (bicyclic) bond motifs is 1. The summed E-state index contributed by atoms with van der Waals surface area (Å²) in [5.41, 5.74) is 1.95. The van der Waals surface area contributed by atoms with Gasteiger partial charge in [-0.05, 0) is 24.4 Å². The standard InChI is InChI=1S/C16H21Cl2NO/c1-9(2)7-19-8-14-15(10(3)4)16-12(18)5-11(17)6-13(16)20-14/h5-6,9-10,19H,7-8H2,1-4H3. The number of hydrogen-bond donors (Lipinski definition) is 1. The topological polar surface area (TPSA) is 25.2 Å². The van der Waals surface area contributed by atoms with Crippen molar-refractivity contribution in [1.29, 1.82) is 0 Å². The Balaban J connectivity index is 2.43. The van der Waals surface area contributed by atoms with Crippen molar-refractivity contribution in [2.45, 2.75) is 40.2 Å². The lowest BCUT2D eigenvalue weighted by molar-refractivity contribution is 0.478. The molecule has 110 valence electrons. The predicted octanol–water partition coefficient (Wildman–Crippen LogP) is 5.61. The maximum atomic E-state index is 6.34. The highest BCUT2D eigenvalue weighted by Crippen LogP contribution is 2.38. The van der Waals surface area contributed by atoms with Gasteiger partial charge in [-0.3, -0.25) is 0 Å². The van der Waals surface area contributed by atoms with E-state index in [0.717, 1.165) is 23.3 Å². The molecule has 0 bridgehead atoms. The molecule has 0 saturated carbocycles. The van der Waals surface area contributed by atoms with Crippen LogP contribution >= 0.6 is 23.2 Å². The van der Waals surface area contributed by atoms with Crippen LogP contribution in [0, 0.1) is 5.92 Å². The molecule has 0 aliphatic heterocycles. The van der Waals surface area contributed by atoms with Gasteiger partial charge in [0.05, 0.1) is 11.6 Å². The van der Waals surface area contributed by atoms with Gasteiger partial charge >= 0.3 is 0 Å². The summed E-state index contributed by atoms with van der Waals surface area (Å²) in [4.78, 5) is 0. The molecule has 0 amide bonds. The Bertz CT molecular complexity index is 602. The molecule has 2 rings (SSSR count).